The molecular weight excluding hydrogens is 450 g/mol. The topological polar surface area (TPSA) is 90.3 Å². The summed E-state index contributed by atoms with van der Waals surface area (Å²) in [6.45, 7) is 11.7. The fourth-order valence-corrected chi connectivity index (χ4v) is 3.90. The van der Waals surface area contributed by atoms with Gasteiger partial charge in [0.15, 0.2) is 0 Å². The molecule has 1 aliphatic heterocycles. The number of rotatable bonds is 5. The maximum absolute atomic E-state index is 12.9. The monoisotopic (exact) mass is 487 g/mol. The van der Waals surface area contributed by atoms with E-state index >= 15 is 0 Å². The van der Waals surface area contributed by atoms with Crippen molar-refractivity contribution in [2.45, 2.75) is 71.6 Å². The summed E-state index contributed by atoms with van der Waals surface area (Å²) in [6.07, 6.45) is 1.14. The molecule has 1 saturated heterocycles. The Balaban J connectivity index is 1.92. The lowest BCUT2D eigenvalue weighted by molar-refractivity contribution is 0.0291. The minimum absolute atomic E-state index is 0.0997. The number of cyclic esters (lactones) is 1. The van der Waals surface area contributed by atoms with E-state index in [2.05, 4.69) is 4.90 Å². The third-order valence-corrected chi connectivity index (χ3v) is 5.39. The zero-order valence-corrected chi connectivity index (χ0v) is 22.0. The van der Waals surface area contributed by atoms with Crippen LogP contribution in [0.15, 0.2) is 24.4 Å². The highest BCUT2D eigenvalue weighted by Gasteiger charge is 2.40. The fraction of sp³-hybridized carbons (Fsp3) is 0.577. The summed E-state index contributed by atoms with van der Waals surface area (Å²) in [5.41, 5.74) is 1.35. The zero-order chi connectivity index (χ0) is 26.1. The van der Waals surface area contributed by atoms with Crippen molar-refractivity contribution in [3.63, 3.8) is 0 Å². The number of hydrogen-bond donors (Lipinski definition) is 0. The molecule has 2 heterocycles. The second kappa shape index (κ2) is 9.89. The third-order valence-electron chi connectivity index (χ3n) is 5.39. The summed E-state index contributed by atoms with van der Waals surface area (Å²) in [4.78, 5) is 40.9. The number of ether oxygens (including phenoxy) is 3. The van der Waals surface area contributed by atoms with Crippen molar-refractivity contribution in [1.29, 1.82) is 0 Å². The Morgan fingerprint density at radius 2 is 1.69 bits per heavy atom. The Labute approximate surface area is 206 Å². The van der Waals surface area contributed by atoms with Crippen molar-refractivity contribution in [3.8, 4) is 0 Å². The van der Waals surface area contributed by atoms with Gasteiger partial charge in [0.05, 0.1) is 11.6 Å². The summed E-state index contributed by atoms with van der Waals surface area (Å²) in [7, 11) is 4.00. The Morgan fingerprint density at radius 3 is 2.29 bits per heavy atom. The molecule has 1 aromatic heterocycles. The summed E-state index contributed by atoms with van der Waals surface area (Å²) in [5, 5.41) is 0.935. The van der Waals surface area contributed by atoms with Gasteiger partial charge < -0.3 is 19.1 Å². The maximum atomic E-state index is 12.9. The highest BCUT2D eigenvalue weighted by molar-refractivity contribution is 5.93. The van der Waals surface area contributed by atoms with E-state index < -0.39 is 35.5 Å². The molecule has 192 valence electrons. The van der Waals surface area contributed by atoms with Crippen LogP contribution in [0.2, 0.25) is 0 Å². The third kappa shape index (κ3) is 6.75. The second-order valence-corrected chi connectivity index (χ2v) is 11.2. The van der Waals surface area contributed by atoms with Crippen molar-refractivity contribution in [2.24, 2.45) is 0 Å². The van der Waals surface area contributed by atoms with E-state index in [0.717, 1.165) is 39.9 Å². The molecule has 3 rings (SSSR count). The lowest BCUT2D eigenvalue weighted by Gasteiger charge is -2.25. The summed E-state index contributed by atoms with van der Waals surface area (Å²) >= 11 is 0. The quantitative estimate of drug-likeness (QED) is 0.558. The van der Waals surface area contributed by atoms with E-state index in [-0.39, 0.29) is 6.61 Å². The number of amides is 2. The molecule has 2 aromatic rings. The number of carbonyl (C=O) groups is 3. The minimum atomic E-state index is -0.727. The normalized spacial score (nSPS) is 16.7. The molecule has 0 unspecified atom stereocenters. The van der Waals surface area contributed by atoms with E-state index in [0.29, 0.717) is 6.42 Å². The van der Waals surface area contributed by atoms with Crippen LogP contribution in [0.25, 0.3) is 10.9 Å². The lowest BCUT2D eigenvalue weighted by Crippen LogP contribution is -2.43. The lowest BCUT2D eigenvalue weighted by atomic mass is 10.0. The number of benzene rings is 1. The van der Waals surface area contributed by atoms with Crippen molar-refractivity contribution in [2.75, 3.05) is 27.2 Å². The first-order valence-electron chi connectivity index (χ1n) is 11.8. The highest BCUT2D eigenvalue weighted by Crippen LogP contribution is 2.27. The molecule has 9 heteroatoms. The van der Waals surface area contributed by atoms with Gasteiger partial charge in [-0.2, -0.15) is 0 Å². The Hall–Kier alpha value is -3.07. The number of nitrogens with zero attached hydrogens (tertiary/aromatic N) is 3. The number of likely N-dealkylation sites (N-methyl/N-ethyl adjacent to an activating group) is 1. The predicted molar refractivity (Wildman–Crippen MR) is 133 cm³/mol. The minimum Gasteiger partial charge on any atom is -0.447 e. The zero-order valence-electron chi connectivity index (χ0n) is 22.0. The Morgan fingerprint density at radius 1 is 1.06 bits per heavy atom. The van der Waals surface area contributed by atoms with E-state index in [1.54, 1.807) is 25.3 Å². The van der Waals surface area contributed by atoms with Gasteiger partial charge in [0.25, 0.3) is 0 Å². The van der Waals surface area contributed by atoms with E-state index in [9.17, 15) is 14.4 Å². The smallest absolute Gasteiger partial charge is 0.420 e. The number of imide groups is 1. The molecular formula is C26H37N3O6. The van der Waals surface area contributed by atoms with Crippen LogP contribution in [0.3, 0.4) is 0 Å². The SMILES string of the molecule is CN(C)CCc1cn(C(=O)OC(C)(C)C)c2ccc(C[C@H]3COC(=O)N3C(=O)OC(C)(C)C)cc12. The van der Waals surface area contributed by atoms with Crippen LogP contribution in [0.1, 0.15) is 52.7 Å². The average molecular weight is 488 g/mol. The van der Waals surface area contributed by atoms with Crippen molar-refractivity contribution < 1.29 is 28.6 Å². The summed E-state index contributed by atoms with van der Waals surface area (Å²) in [5.74, 6) is 0. The predicted octanol–water partition coefficient (Wildman–Crippen LogP) is 4.83. The van der Waals surface area contributed by atoms with Crippen LogP contribution in [-0.4, -0.2) is 77.1 Å². The van der Waals surface area contributed by atoms with Gasteiger partial charge in [0, 0.05) is 18.1 Å². The number of hydrogen-bond acceptors (Lipinski definition) is 7. The standard InChI is InChI=1S/C26H37N3O6/c1-25(2,3)34-22(30)28-15-18(11-12-27(7)8)20-14-17(9-10-21(20)28)13-19-16-33-23(31)29(19)24(32)35-26(4,5)6/h9-10,14-15,19H,11-13,16H2,1-8H3/t19-/m0/s1. The molecule has 1 aromatic carbocycles. The molecule has 0 saturated carbocycles. The van der Waals surface area contributed by atoms with Crippen LogP contribution in [0.4, 0.5) is 14.4 Å². The second-order valence-electron chi connectivity index (χ2n) is 11.2. The molecule has 35 heavy (non-hydrogen) atoms. The van der Waals surface area contributed by atoms with Crippen molar-refractivity contribution >= 4 is 29.2 Å². The molecule has 0 bridgehead atoms. The molecule has 0 spiro atoms. The first-order valence-corrected chi connectivity index (χ1v) is 11.8. The van der Waals surface area contributed by atoms with Crippen LogP contribution < -0.4 is 0 Å². The van der Waals surface area contributed by atoms with Gasteiger partial charge in [0.2, 0.25) is 0 Å². The van der Waals surface area contributed by atoms with E-state index in [4.69, 9.17) is 14.2 Å². The molecule has 1 fully saturated rings. The number of aromatic nitrogens is 1. The van der Waals surface area contributed by atoms with Crippen molar-refractivity contribution in [1.82, 2.24) is 14.4 Å². The van der Waals surface area contributed by atoms with Gasteiger partial charge in [-0.15, -0.1) is 0 Å². The van der Waals surface area contributed by atoms with Gasteiger partial charge in [-0.25, -0.2) is 19.3 Å². The van der Waals surface area contributed by atoms with Gasteiger partial charge >= 0.3 is 18.3 Å². The Bertz CT molecular complexity index is 1110. The van der Waals surface area contributed by atoms with Crippen LogP contribution in [0.5, 0.6) is 0 Å². The van der Waals surface area contributed by atoms with Crippen molar-refractivity contribution in [3.05, 3.63) is 35.5 Å². The first kappa shape index (κ1) is 26.5. The summed E-state index contributed by atoms with van der Waals surface area (Å²) < 4.78 is 17.7. The largest absolute Gasteiger partial charge is 0.447 e. The van der Waals surface area contributed by atoms with Crippen LogP contribution in [0, 0.1) is 0 Å². The molecule has 1 aliphatic rings. The molecule has 1 atom stereocenters. The van der Waals surface area contributed by atoms with Gasteiger partial charge in [-0.3, -0.25) is 4.57 Å². The maximum Gasteiger partial charge on any atom is 0.420 e. The van der Waals surface area contributed by atoms with E-state index in [1.165, 1.54) is 0 Å². The average Bonchev–Trinajstić information content (AvgIpc) is 3.24. The molecule has 2 amide bonds. The number of carbonyl (C=O) groups excluding carboxylic acids is 3. The Kier molecular flexibility index (Phi) is 7.50. The molecule has 0 N–H and O–H groups in total. The molecule has 9 nitrogen and oxygen atoms in total. The van der Waals surface area contributed by atoms with Gasteiger partial charge in [0.1, 0.15) is 17.8 Å². The first-order chi connectivity index (χ1) is 16.1. The molecule has 0 aliphatic carbocycles. The fourth-order valence-electron chi connectivity index (χ4n) is 3.90. The van der Waals surface area contributed by atoms with Crippen LogP contribution >= 0.6 is 0 Å². The van der Waals surface area contributed by atoms with Gasteiger partial charge in [-0.1, -0.05) is 6.07 Å². The van der Waals surface area contributed by atoms with E-state index in [1.807, 2.05) is 59.3 Å². The highest BCUT2D eigenvalue weighted by atomic mass is 16.6. The van der Waals surface area contributed by atoms with Crippen LogP contribution in [-0.2, 0) is 27.1 Å². The molecule has 0 radical (unpaired) electrons. The van der Waals surface area contributed by atoms with Gasteiger partial charge in [-0.05, 0) is 91.7 Å². The number of fused-ring (bicyclic) bond motifs is 1. The summed E-state index contributed by atoms with van der Waals surface area (Å²) in [6, 6.07) is 5.31.